The number of carbonyl (C=O) groups is 2. The number of nitrogens with zero attached hydrogens (tertiary/aromatic N) is 4. The zero-order chi connectivity index (χ0) is 23.8. The summed E-state index contributed by atoms with van der Waals surface area (Å²) in [6.45, 7) is 1.34. The topological polar surface area (TPSA) is 77.3 Å². The Morgan fingerprint density at radius 2 is 2.03 bits per heavy atom. The van der Waals surface area contributed by atoms with Gasteiger partial charge < -0.3 is 4.90 Å². The summed E-state index contributed by atoms with van der Waals surface area (Å²) >= 11 is 5.78. The van der Waals surface area contributed by atoms with Crippen LogP contribution in [-0.4, -0.2) is 29.9 Å². The van der Waals surface area contributed by atoms with Crippen molar-refractivity contribution >= 4 is 34.9 Å². The molecule has 3 rings (SSSR count). The molecule has 2 amide bonds. The first kappa shape index (κ1) is 23.5. The SMILES string of the molecule is Cc1cc(C(F)(F)F)cc(N2C(=O)[C@@H](CC#N)C[C@H]2C(=O)N(C)c2ccc(F)c(Cl)c2)n1. The van der Waals surface area contributed by atoms with Gasteiger partial charge in [-0.05, 0) is 43.7 Å². The third-order valence-corrected chi connectivity index (χ3v) is 5.45. The molecule has 0 spiro atoms. The van der Waals surface area contributed by atoms with Crippen LogP contribution >= 0.6 is 11.6 Å². The first-order valence-corrected chi connectivity index (χ1v) is 9.80. The number of anilines is 2. The van der Waals surface area contributed by atoms with Crippen molar-refractivity contribution in [3.8, 4) is 6.07 Å². The fourth-order valence-electron chi connectivity index (χ4n) is 3.57. The van der Waals surface area contributed by atoms with Crippen LogP contribution in [0.2, 0.25) is 5.02 Å². The number of alkyl halides is 3. The Kier molecular flexibility index (Phi) is 6.41. The predicted octanol–water partition coefficient (Wildman–Crippen LogP) is 4.50. The van der Waals surface area contributed by atoms with Crippen LogP contribution < -0.4 is 9.80 Å². The fourth-order valence-corrected chi connectivity index (χ4v) is 3.75. The Bertz CT molecular complexity index is 1120. The van der Waals surface area contributed by atoms with Crippen molar-refractivity contribution in [3.05, 3.63) is 52.4 Å². The summed E-state index contributed by atoms with van der Waals surface area (Å²) in [4.78, 5) is 32.3. The molecule has 0 saturated carbocycles. The van der Waals surface area contributed by atoms with Gasteiger partial charge in [0.1, 0.15) is 17.7 Å². The van der Waals surface area contributed by atoms with E-state index in [4.69, 9.17) is 16.9 Å². The molecule has 6 nitrogen and oxygen atoms in total. The summed E-state index contributed by atoms with van der Waals surface area (Å²) < 4.78 is 53.4. The second-order valence-corrected chi connectivity index (χ2v) is 7.77. The summed E-state index contributed by atoms with van der Waals surface area (Å²) in [6.07, 6.45) is -4.97. The lowest BCUT2D eigenvalue weighted by Gasteiger charge is -2.28. The highest BCUT2D eigenvalue weighted by molar-refractivity contribution is 6.31. The molecule has 1 saturated heterocycles. The molecule has 32 heavy (non-hydrogen) atoms. The highest BCUT2D eigenvalue weighted by Gasteiger charge is 2.46. The van der Waals surface area contributed by atoms with Gasteiger partial charge in [0.05, 0.1) is 22.6 Å². The van der Waals surface area contributed by atoms with E-state index in [1.807, 2.05) is 6.07 Å². The van der Waals surface area contributed by atoms with Gasteiger partial charge >= 0.3 is 6.18 Å². The highest BCUT2D eigenvalue weighted by atomic mass is 35.5. The van der Waals surface area contributed by atoms with E-state index in [0.29, 0.717) is 6.07 Å². The molecule has 2 aromatic rings. The molecule has 0 unspecified atom stereocenters. The van der Waals surface area contributed by atoms with Crippen LogP contribution in [-0.2, 0) is 15.8 Å². The van der Waals surface area contributed by atoms with Crippen molar-refractivity contribution in [2.24, 2.45) is 5.92 Å². The zero-order valence-corrected chi connectivity index (χ0v) is 17.7. The standard InChI is InChI=1S/C21H17ClF4N4O2/c1-11-7-13(21(24,25)26)9-18(28-11)30-17(8-12(5-6-27)19(30)31)20(32)29(2)14-3-4-16(23)15(22)10-14/h3-4,7,9-10,12,17H,5,8H2,1-2H3/t12-,17-/m0/s1. The van der Waals surface area contributed by atoms with Crippen LogP contribution in [0, 0.1) is 30.0 Å². The van der Waals surface area contributed by atoms with Gasteiger partial charge in [-0.15, -0.1) is 0 Å². The van der Waals surface area contributed by atoms with Crippen molar-refractivity contribution in [2.45, 2.75) is 32.0 Å². The van der Waals surface area contributed by atoms with Crippen LogP contribution in [0.25, 0.3) is 0 Å². The van der Waals surface area contributed by atoms with Gasteiger partial charge in [-0.1, -0.05) is 11.6 Å². The third kappa shape index (κ3) is 4.53. The van der Waals surface area contributed by atoms with E-state index in [9.17, 15) is 27.2 Å². The maximum atomic E-state index is 13.5. The number of aromatic nitrogens is 1. The molecule has 1 aromatic heterocycles. The van der Waals surface area contributed by atoms with E-state index in [-0.39, 0.29) is 35.1 Å². The Morgan fingerprint density at radius 1 is 1.34 bits per heavy atom. The zero-order valence-electron chi connectivity index (χ0n) is 17.0. The van der Waals surface area contributed by atoms with Gasteiger partial charge in [0.15, 0.2) is 0 Å². The van der Waals surface area contributed by atoms with Crippen LogP contribution in [0.15, 0.2) is 30.3 Å². The van der Waals surface area contributed by atoms with Crippen molar-refractivity contribution in [3.63, 3.8) is 0 Å². The molecule has 11 heteroatoms. The van der Waals surface area contributed by atoms with E-state index in [0.717, 1.165) is 21.9 Å². The first-order valence-electron chi connectivity index (χ1n) is 9.42. The maximum Gasteiger partial charge on any atom is 0.416 e. The minimum absolute atomic E-state index is 0.0104. The van der Waals surface area contributed by atoms with Gasteiger partial charge in [0.25, 0.3) is 0 Å². The number of aryl methyl sites for hydroxylation is 1. The molecule has 1 aliphatic heterocycles. The first-order chi connectivity index (χ1) is 14.9. The summed E-state index contributed by atoms with van der Waals surface area (Å²) in [5, 5.41) is 8.81. The number of amides is 2. The molecule has 1 fully saturated rings. The number of halogens is 5. The normalized spacial score (nSPS) is 18.6. The van der Waals surface area contributed by atoms with Crippen molar-refractivity contribution in [2.75, 3.05) is 16.8 Å². The summed E-state index contributed by atoms with van der Waals surface area (Å²) in [6, 6.07) is 5.78. The lowest BCUT2D eigenvalue weighted by Crippen LogP contribution is -2.46. The van der Waals surface area contributed by atoms with Crippen molar-refractivity contribution < 1.29 is 27.2 Å². The molecule has 168 valence electrons. The number of rotatable bonds is 4. The Morgan fingerprint density at radius 3 is 2.62 bits per heavy atom. The molecule has 0 aliphatic carbocycles. The van der Waals surface area contributed by atoms with Crippen LogP contribution in [0.5, 0.6) is 0 Å². The van der Waals surface area contributed by atoms with E-state index < -0.39 is 41.3 Å². The van der Waals surface area contributed by atoms with Crippen LogP contribution in [0.4, 0.5) is 29.1 Å². The average molecular weight is 469 g/mol. The number of carbonyl (C=O) groups excluding carboxylic acids is 2. The number of likely N-dealkylation sites (N-methyl/N-ethyl adjacent to an activating group) is 1. The van der Waals surface area contributed by atoms with Gasteiger partial charge in [0.2, 0.25) is 11.8 Å². The van der Waals surface area contributed by atoms with Gasteiger partial charge in [0, 0.05) is 24.8 Å². The summed E-state index contributed by atoms with van der Waals surface area (Å²) in [7, 11) is 1.37. The Labute approximate surface area is 186 Å². The average Bonchev–Trinajstić information content (AvgIpc) is 3.04. The number of pyridine rings is 1. The number of nitriles is 1. The molecule has 1 aromatic carbocycles. The highest BCUT2D eigenvalue weighted by Crippen LogP contribution is 2.37. The number of benzene rings is 1. The van der Waals surface area contributed by atoms with Gasteiger partial charge in [-0.3, -0.25) is 14.5 Å². The largest absolute Gasteiger partial charge is 0.416 e. The number of hydrogen-bond donors (Lipinski definition) is 0. The lowest BCUT2D eigenvalue weighted by atomic mass is 10.0. The van der Waals surface area contributed by atoms with Crippen molar-refractivity contribution in [1.29, 1.82) is 5.26 Å². The molecule has 0 bridgehead atoms. The summed E-state index contributed by atoms with van der Waals surface area (Å²) in [5.41, 5.74) is -0.775. The second kappa shape index (κ2) is 8.74. The molecule has 2 heterocycles. The fraction of sp³-hybridized carbons (Fsp3) is 0.333. The van der Waals surface area contributed by atoms with Crippen LogP contribution in [0.3, 0.4) is 0 Å². The van der Waals surface area contributed by atoms with Gasteiger partial charge in [-0.2, -0.15) is 18.4 Å². The second-order valence-electron chi connectivity index (χ2n) is 7.37. The molecule has 0 radical (unpaired) electrons. The van der Waals surface area contributed by atoms with E-state index >= 15 is 0 Å². The minimum atomic E-state index is -4.68. The molecular weight excluding hydrogens is 452 g/mol. The lowest BCUT2D eigenvalue weighted by molar-refractivity contribution is -0.137. The molecule has 0 N–H and O–H groups in total. The monoisotopic (exact) mass is 468 g/mol. The Balaban J connectivity index is 2.04. The van der Waals surface area contributed by atoms with Gasteiger partial charge in [-0.25, -0.2) is 9.37 Å². The van der Waals surface area contributed by atoms with E-state index in [1.165, 1.54) is 26.1 Å². The quantitative estimate of drug-likeness (QED) is 0.619. The maximum absolute atomic E-state index is 13.5. The Hall–Kier alpha value is -3.19. The van der Waals surface area contributed by atoms with Crippen LogP contribution in [0.1, 0.15) is 24.1 Å². The number of hydrogen-bond acceptors (Lipinski definition) is 4. The third-order valence-electron chi connectivity index (χ3n) is 5.16. The van der Waals surface area contributed by atoms with E-state index in [2.05, 4.69) is 4.98 Å². The molecule has 2 atom stereocenters. The van der Waals surface area contributed by atoms with E-state index in [1.54, 1.807) is 0 Å². The summed E-state index contributed by atoms with van der Waals surface area (Å²) in [5.74, 6) is -3.20. The smallest absolute Gasteiger partial charge is 0.314 e. The predicted molar refractivity (Wildman–Crippen MR) is 108 cm³/mol. The van der Waals surface area contributed by atoms with Crippen molar-refractivity contribution in [1.82, 2.24) is 4.98 Å². The molecule has 1 aliphatic rings. The molecular formula is C21H17ClF4N4O2. The minimum Gasteiger partial charge on any atom is -0.314 e.